The monoisotopic (exact) mass is 183 g/mol. The van der Waals surface area contributed by atoms with Gasteiger partial charge in [0, 0.05) is 6.42 Å². The number of hydrogen-bond donors (Lipinski definition) is 2. The van der Waals surface area contributed by atoms with Gasteiger partial charge in [-0.2, -0.15) is 0 Å². The highest BCUT2D eigenvalue weighted by atomic mass is 16.6. The van der Waals surface area contributed by atoms with Crippen LogP contribution in [0.2, 0.25) is 0 Å². The summed E-state index contributed by atoms with van der Waals surface area (Å²) in [6.45, 7) is 0.376. The summed E-state index contributed by atoms with van der Waals surface area (Å²) >= 11 is 0. The van der Waals surface area contributed by atoms with Gasteiger partial charge in [-0.3, -0.25) is 0 Å². The third-order valence-electron chi connectivity index (χ3n) is 1.78. The number of rotatable bonds is 4. The molecule has 4 nitrogen and oxygen atoms in total. The number of ether oxygens (including phenoxy) is 1. The molecular formula is C9H13NO3. The second-order valence-electron chi connectivity index (χ2n) is 2.62. The molecule has 0 aromatic heterocycles. The topological polar surface area (TPSA) is 64.7 Å². The lowest BCUT2D eigenvalue weighted by molar-refractivity contribution is 0.140. The van der Waals surface area contributed by atoms with Gasteiger partial charge in [0.05, 0.1) is 13.7 Å². The van der Waals surface area contributed by atoms with Gasteiger partial charge < -0.3 is 14.7 Å². The molecule has 0 unspecified atom stereocenters. The Morgan fingerprint density at radius 2 is 2.23 bits per heavy atom. The van der Waals surface area contributed by atoms with Crippen molar-refractivity contribution in [3.63, 3.8) is 0 Å². The van der Waals surface area contributed by atoms with Crippen LogP contribution in [0.4, 0.5) is 0 Å². The molecule has 1 aromatic carbocycles. The highest BCUT2D eigenvalue weighted by Gasteiger charge is 2.02. The Hall–Kier alpha value is -1.26. The number of phenolic OH excluding ortho intramolecular Hbond substituents is 1. The van der Waals surface area contributed by atoms with Crippen molar-refractivity contribution in [2.75, 3.05) is 13.7 Å². The molecule has 1 rings (SSSR count). The summed E-state index contributed by atoms with van der Waals surface area (Å²) in [4.78, 5) is 4.42. The largest absolute Gasteiger partial charge is 0.508 e. The molecule has 72 valence electrons. The van der Waals surface area contributed by atoms with Crippen molar-refractivity contribution in [3.8, 4) is 11.5 Å². The molecule has 0 radical (unpaired) electrons. The highest BCUT2D eigenvalue weighted by Crippen LogP contribution is 2.22. The van der Waals surface area contributed by atoms with Crippen molar-refractivity contribution in [1.82, 2.24) is 0 Å². The van der Waals surface area contributed by atoms with Crippen molar-refractivity contribution < 1.29 is 14.7 Å². The zero-order chi connectivity index (χ0) is 9.68. The second-order valence-corrected chi connectivity index (χ2v) is 2.62. The van der Waals surface area contributed by atoms with E-state index in [2.05, 4.69) is 4.84 Å². The summed E-state index contributed by atoms with van der Waals surface area (Å²) in [6, 6.07) is 5.04. The molecule has 4 heteroatoms. The number of hydrogen-bond acceptors (Lipinski definition) is 4. The van der Waals surface area contributed by atoms with Gasteiger partial charge in [0.25, 0.3) is 0 Å². The summed E-state index contributed by atoms with van der Waals surface area (Å²) in [5.41, 5.74) is 0.768. The molecule has 0 saturated carbocycles. The van der Waals surface area contributed by atoms with Crippen molar-refractivity contribution >= 4 is 0 Å². The fraction of sp³-hybridized carbons (Fsp3) is 0.333. The van der Waals surface area contributed by atoms with E-state index in [0.717, 1.165) is 5.56 Å². The molecule has 3 N–H and O–H groups in total. The highest BCUT2D eigenvalue weighted by molar-refractivity contribution is 5.39. The number of methoxy groups -OCH3 is 1. The van der Waals surface area contributed by atoms with Crippen LogP contribution >= 0.6 is 0 Å². The van der Waals surface area contributed by atoms with Crippen LogP contribution in [0.25, 0.3) is 0 Å². The van der Waals surface area contributed by atoms with Gasteiger partial charge >= 0.3 is 0 Å². The average molecular weight is 183 g/mol. The Morgan fingerprint density at radius 3 is 2.85 bits per heavy atom. The van der Waals surface area contributed by atoms with Crippen LogP contribution in [0.1, 0.15) is 5.56 Å². The first kappa shape index (κ1) is 9.83. The third kappa shape index (κ3) is 2.61. The zero-order valence-corrected chi connectivity index (χ0v) is 7.49. The SMILES string of the molecule is COc1ccc(O)c(CCON)c1. The molecule has 0 saturated heterocycles. The first-order valence-electron chi connectivity index (χ1n) is 3.95. The normalized spacial score (nSPS) is 10.0. The summed E-state index contributed by atoms with van der Waals surface area (Å²) in [6.07, 6.45) is 0.569. The summed E-state index contributed by atoms with van der Waals surface area (Å²) in [5.74, 6) is 5.83. The van der Waals surface area contributed by atoms with Gasteiger partial charge in [0.2, 0.25) is 0 Å². The van der Waals surface area contributed by atoms with E-state index in [9.17, 15) is 5.11 Å². The van der Waals surface area contributed by atoms with Crippen LogP contribution in [0.15, 0.2) is 18.2 Å². The van der Waals surface area contributed by atoms with Gasteiger partial charge in [-0.15, -0.1) is 0 Å². The Labute approximate surface area is 76.8 Å². The minimum Gasteiger partial charge on any atom is -0.508 e. The van der Waals surface area contributed by atoms with Gasteiger partial charge in [-0.25, -0.2) is 5.90 Å². The number of nitrogens with two attached hydrogens (primary N) is 1. The fourth-order valence-electron chi connectivity index (χ4n) is 1.06. The van der Waals surface area contributed by atoms with Crippen molar-refractivity contribution in [2.45, 2.75) is 6.42 Å². The minimum absolute atomic E-state index is 0.234. The molecule has 0 aliphatic carbocycles. The lowest BCUT2D eigenvalue weighted by Crippen LogP contribution is -2.03. The summed E-state index contributed by atoms with van der Waals surface area (Å²) in [7, 11) is 1.58. The van der Waals surface area contributed by atoms with E-state index in [1.54, 1.807) is 25.3 Å². The smallest absolute Gasteiger partial charge is 0.119 e. The van der Waals surface area contributed by atoms with Crippen LogP contribution in [0.3, 0.4) is 0 Å². The minimum atomic E-state index is 0.234. The Bertz CT molecular complexity index is 276. The first-order chi connectivity index (χ1) is 6.27. The molecule has 13 heavy (non-hydrogen) atoms. The molecule has 0 atom stereocenters. The van der Waals surface area contributed by atoms with E-state index in [1.807, 2.05) is 0 Å². The molecule has 0 heterocycles. The Morgan fingerprint density at radius 1 is 1.46 bits per heavy atom. The van der Waals surface area contributed by atoms with E-state index >= 15 is 0 Å². The standard InChI is InChI=1S/C9H13NO3/c1-12-8-2-3-9(11)7(6-8)4-5-13-10/h2-3,6,11H,4-5,10H2,1H3. The maximum atomic E-state index is 9.41. The molecule has 0 aliphatic rings. The van der Waals surface area contributed by atoms with Crippen LogP contribution in [-0.4, -0.2) is 18.8 Å². The van der Waals surface area contributed by atoms with Crippen molar-refractivity contribution in [3.05, 3.63) is 23.8 Å². The van der Waals surface area contributed by atoms with Gasteiger partial charge in [-0.1, -0.05) is 0 Å². The quantitative estimate of drug-likeness (QED) is 0.679. The van der Waals surface area contributed by atoms with Crippen LogP contribution in [-0.2, 0) is 11.3 Å². The maximum absolute atomic E-state index is 9.41. The Kier molecular flexibility index (Phi) is 3.54. The van der Waals surface area contributed by atoms with Crippen molar-refractivity contribution in [1.29, 1.82) is 0 Å². The summed E-state index contributed by atoms with van der Waals surface area (Å²) < 4.78 is 5.01. The van der Waals surface area contributed by atoms with E-state index in [0.29, 0.717) is 18.8 Å². The number of benzene rings is 1. The fourth-order valence-corrected chi connectivity index (χ4v) is 1.06. The van der Waals surface area contributed by atoms with Gasteiger partial charge in [0.15, 0.2) is 0 Å². The molecular weight excluding hydrogens is 170 g/mol. The number of phenols is 1. The molecule has 0 bridgehead atoms. The average Bonchev–Trinajstić information content (AvgIpc) is 2.17. The van der Waals surface area contributed by atoms with E-state index < -0.39 is 0 Å². The molecule has 0 fully saturated rings. The maximum Gasteiger partial charge on any atom is 0.119 e. The van der Waals surface area contributed by atoms with Crippen molar-refractivity contribution in [2.24, 2.45) is 5.90 Å². The predicted molar refractivity (Wildman–Crippen MR) is 48.5 cm³/mol. The van der Waals surface area contributed by atoms with Crippen LogP contribution < -0.4 is 10.6 Å². The molecule has 0 amide bonds. The van der Waals surface area contributed by atoms with Gasteiger partial charge in [0.1, 0.15) is 11.5 Å². The first-order valence-corrected chi connectivity index (χ1v) is 3.95. The molecule has 0 aliphatic heterocycles. The van der Waals surface area contributed by atoms with Crippen LogP contribution in [0.5, 0.6) is 11.5 Å². The predicted octanol–water partition coefficient (Wildman–Crippen LogP) is 0.834. The van der Waals surface area contributed by atoms with Crippen LogP contribution in [0, 0.1) is 0 Å². The zero-order valence-electron chi connectivity index (χ0n) is 7.49. The lowest BCUT2D eigenvalue weighted by atomic mass is 10.1. The lowest BCUT2D eigenvalue weighted by Gasteiger charge is -2.05. The Balaban J connectivity index is 2.78. The summed E-state index contributed by atoms with van der Waals surface area (Å²) in [5, 5.41) is 9.41. The van der Waals surface area contributed by atoms with Gasteiger partial charge in [-0.05, 0) is 23.8 Å². The van der Waals surface area contributed by atoms with E-state index in [1.165, 1.54) is 0 Å². The van der Waals surface area contributed by atoms with E-state index in [-0.39, 0.29) is 5.75 Å². The second kappa shape index (κ2) is 4.69. The molecule has 0 spiro atoms. The molecule has 1 aromatic rings. The number of aromatic hydroxyl groups is 1. The third-order valence-corrected chi connectivity index (χ3v) is 1.78. The van der Waals surface area contributed by atoms with E-state index in [4.69, 9.17) is 10.6 Å².